The molecular formula is C16H11ClO3. The summed E-state index contributed by atoms with van der Waals surface area (Å²) >= 11 is 6.04. The molecule has 0 N–H and O–H groups in total. The molecule has 0 unspecified atom stereocenters. The molecule has 3 nitrogen and oxygen atoms in total. The van der Waals surface area contributed by atoms with Crippen molar-refractivity contribution in [3.63, 3.8) is 0 Å². The van der Waals surface area contributed by atoms with Gasteiger partial charge in [0.05, 0.1) is 12.5 Å². The predicted molar refractivity (Wildman–Crippen MR) is 79.5 cm³/mol. The number of rotatable bonds is 2. The Labute approximate surface area is 120 Å². The van der Waals surface area contributed by atoms with E-state index in [4.69, 9.17) is 20.8 Å². The van der Waals surface area contributed by atoms with Crippen molar-refractivity contribution >= 4 is 22.4 Å². The summed E-state index contributed by atoms with van der Waals surface area (Å²) in [6.45, 7) is 0. The molecule has 0 saturated heterocycles. The van der Waals surface area contributed by atoms with Crippen LogP contribution in [0.25, 0.3) is 22.1 Å². The van der Waals surface area contributed by atoms with Crippen LogP contribution in [0.5, 0.6) is 5.75 Å². The second kappa shape index (κ2) is 5.02. The van der Waals surface area contributed by atoms with Crippen LogP contribution in [0.4, 0.5) is 0 Å². The van der Waals surface area contributed by atoms with Crippen LogP contribution in [0.1, 0.15) is 0 Å². The van der Waals surface area contributed by atoms with Crippen LogP contribution in [-0.2, 0) is 0 Å². The van der Waals surface area contributed by atoms with E-state index < -0.39 is 0 Å². The van der Waals surface area contributed by atoms with Gasteiger partial charge < -0.3 is 9.15 Å². The number of hydrogen-bond acceptors (Lipinski definition) is 3. The van der Waals surface area contributed by atoms with Crippen molar-refractivity contribution in [2.24, 2.45) is 0 Å². The molecule has 4 heteroatoms. The average Bonchev–Trinajstić information content (AvgIpc) is 2.46. The maximum absolute atomic E-state index is 12.0. The van der Waals surface area contributed by atoms with Crippen molar-refractivity contribution in [2.75, 3.05) is 7.11 Å². The Hall–Kier alpha value is -2.26. The number of ether oxygens (including phenoxy) is 1. The fourth-order valence-electron chi connectivity index (χ4n) is 2.10. The van der Waals surface area contributed by atoms with Gasteiger partial charge in [-0.3, -0.25) is 0 Å². The van der Waals surface area contributed by atoms with E-state index in [2.05, 4.69) is 0 Å². The Bertz CT molecular complexity index is 836. The minimum atomic E-state index is -0.364. The smallest absolute Gasteiger partial charge is 0.344 e. The highest BCUT2D eigenvalue weighted by Gasteiger charge is 2.08. The van der Waals surface area contributed by atoms with Crippen LogP contribution in [-0.4, -0.2) is 7.11 Å². The molecule has 2 aromatic carbocycles. The van der Waals surface area contributed by atoms with Gasteiger partial charge in [0.2, 0.25) is 0 Å². The first-order valence-electron chi connectivity index (χ1n) is 6.05. The van der Waals surface area contributed by atoms with Gasteiger partial charge in [-0.05, 0) is 35.7 Å². The van der Waals surface area contributed by atoms with Gasteiger partial charge in [-0.2, -0.15) is 0 Å². The highest BCUT2D eigenvalue weighted by molar-refractivity contribution is 6.31. The van der Waals surface area contributed by atoms with Crippen molar-refractivity contribution in [2.45, 2.75) is 0 Å². The lowest BCUT2D eigenvalue weighted by Crippen LogP contribution is -2.00. The molecule has 0 bridgehead atoms. The Morgan fingerprint density at radius 3 is 2.70 bits per heavy atom. The van der Waals surface area contributed by atoms with Gasteiger partial charge in [0.15, 0.2) is 0 Å². The summed E-state index contributed by atoms with van der Waals surface area (Å²) < 4.78 is 10.5. The Balaban J connectivity index is 2.24. The normalized spacial score (nSPS) is 10.7. The van der Waals surface area contributed by atoms with Crippen LogP contribution >= 0.6 is 11.6 Å². The second-order valence-electron chi connectivity index (χ2n) is 4.37. The number of methoxy groups -OCH3 is 1. The molecule has 3 rings (SSSR count). The molecule has 1 aromatic heterocycles. The van der Waals surface area contributed by atoms with Gasteiger partial charge in [-0.15, -0.1) is 0 Å². The van der Waals surface area contributed by atoms with E-state index in [1.807, 2.05) is 18.2 Å². The maximum Gasteiger partial charge on any atom is 0.344 e. The Morgan fingerprint density at radius 2 is 1.90 bits per heavy atom. The van der Waals surface area contributed by atoms with Crippen molar-refractivity contribution < 1.29 is 9.15 Å². The lowest BCUT2D eigenvalue weighted by molar-refractivity contribution is 0.414. The lowest BCUT2D eigenvalue weighted by Gasteiger charge is -2.06. The molecule has 3 aromatic rings. The quantitative estimate of drug-likeness (QED) is 0.711. The van der Waals surface area contributed by atoms with E-state index in [1.165, 1.54) is 0 Å². The van der Waals surface area contributed by atoms with E-state index in [-0.39, 0.29) is 5.63 Å². The van der Waals surface area contributed by atoms with Crippen molar-refractivity contribution in [3.8, 4) is 17.1 Å². The topological polar surface area (TPSA) is 39.4 Å². The fraction of sp³-hybridized carbons (Fsp3) is 0.0625. The molecule has 20 heavy (non-hydrogen) atoms. The molecule has 0 saturated carbocycles. The Morgan fingerprint density at radius 1 is 1.10 bits per heavy atom. The average molecular weight is 287 g/mol. The van der Waals surface area contributed by atoms with Crippen molar-refractivity contribution in [3.05, 3.63) is 64.0 Å². The van der Waals surface area contributed by atoms with Gasteiger partial charge in [0.1, 0.15) is 11.5 Å². The predicted octanol–water partition coefficient (Wildman–Crippen LogP) is 4.12. The zero-order valence-electron chi connectivity index (χ0n) is 10.7. The summed E-state index contributed by atoms with van der Waals surface area (Å²) in [6.07, 6.45) is 0. The summed E-state index contributed by atoms with van der Waals surface area (Å²) in [4.78, 5) is 12.0. The van der Waals surface area contributed by atoms with E-state index >= 15 is 0 Å². The molecule has 0 aliphatic rings. The summed E-state index contributed by atoms with van der Waals surface area (Å²) in [5.41, 5.74) is 0.342. The monoisotopic (exact) mass is 286 g/mol. The van der Waals surface area contributed by atoms with Crippen molar-refractivity contribution in [1.29, 1.82) is 0 Å². The molecule has 0 atom stereocenters. The summed E-state index contributed by atoms with van der Waals surface area (Å²) in [5.74, 6) is 1.08. The van der Waals surface area contributed by atoms with Crippen LogP contribution in [0.2, 0.25) is 5.02 Å². The minimum Gasteiger partial charge on any atom is -0.497 e. The number of benzene rings is 2. The molecule has 0 amide bonds. The first-order chi connectivity index (χ1) is 9.67. The van der Waals surface area contributed by atoms with E-state index in [9.17, 15) is 4.79 Å². The first-order valence-corrected chi connectivity index (χ1v) is 6.43. The van der Waals surface area contributed by atoms with Gasteiger partial charge in [0, 0.05) is 10.6 Å². The third kappa shape index (κ3) is 2.28. The van der Waals surface area contributed by atoms with Crippen LogP contribution < -0.4 is 10.4 Å². The second-order valence-corrected chi connectivity index (χ2v) is 4.80. The molecule has 0 aliphatic heterocycles. The standard InChI is InChI=1S/C16H11ClO3/c1-19-13-7-11(6-12(17)9-13)15-8-10-4-2-3-5-14(10)16(18)20-15/h2-9H,1H3. The number of fused-ring (bicyclic) bond motifs is 1. The number of halogens is 1. The number of hydrogen-bond donors (Lipinski definition) is 0. The largest absolute Gasteiger partial charge is 0.497 e. The highest BCUT2D eigenvalue weighted by Crippen LogP contribution is 2.29. The van der Waals surface area contributed by atoms with Crippen LogP contribution in [0, 0.1) is 0 Å². The van der Waals surface area contributed by atoms with Gasteiger partial charge in [0.25, 0.3) is 0 Å². The van der Waals surface area contributed by atoms with Crippen molar-refractivity contribution in [1.82, 2.24) is 0 Å². The summed E-state index contributed by atoms with van der Waals surface area (Å²) in [6, 6.07) is 14.3. The van der Waals surface area contributed by atoms with Gasteiger partial charge in [-0.1, -0.05) is 29.8 Å². The van der Waals surface area contributed by atoms with Crippen LogP contribution in [0.3, 0.4) is 0 Å². The third-order valence-electron chi connectivity index (χ3n) is 3.06. The maximum atomic E-state index is 12.0. The lowest BCUT2D eigenvalue weighted by atomic mass is 10.1. The molecule has 0 radical (unpaired) electrons. The summed E-state index contributed by atoms with van der Waals surface area (Å²) in [5, 5.41) is 1.91. The molecular weight excluding hydrogens is 276 g/mol. The van der Waals surface area contributed by atoms with Crippen LogP contribution in [0.15, 0.2) is 57.7 Å². The third-order valence-corrected chi connectivity index (χ3v) is 3.28. The van der Waals surface area contributed by atoms with E-state index in [0.29, 0.717) is 27.5 Å². The molecule has 1 heterocycles. The molecule has 0 aliphatic carbocycles. The zero-order valence-corrected chi connectivity index (χ0v) is 11.5. The fourth-order valence-corrected chi connectivity index (χ4v) is 2.32. The van der Waals surface area contributed by atoms with Gasteiger partial charge in [-0.25, -0.2) is 4.79 Å². The minimum absolute atomic E-state index is 0.364. The SMILES string of the molecule is COc1cc(Cl)cc(-c2cc3ccccc3c(=O)o2)c1. The first kappa shape index (κ1) is 12.8. The Kier molecular flexibility index (Phi) is 3.20. The molecule has 0 fully saturated rings. The van der Waals surface area contributed by atoms with E-state index in [0.717, 1.165) is 5.39 Å². The van der Waals surface area contributed by atoms with E-state index in [1.54, 1.807) is 37.4 Å². The van der Waals surface area contributed by atoms with Gasteiger partial charge >= 0.3 is 5.63 Å². The molecule has 0 spiro atoms. The summed E-state index contributed by atoms with van der Waals surface area (Å²) in [7, 11) is 1.56. The highest BCUT2D eigenvalue weighted by atomic mass is 35.5. The zero-order chi connectivity index (χ0) is 14.1. The molecule has 100 valence electrons.